The number of benzene rings is 1. The van der Waals surface area contributed by atoms with Crippen LogP contribution in [0.2, 0.25) is 5.02 Å². The Balaban J connectivity index is 2.04. The lowest BCUT2D eigenvalue weighted by Crippen LogP contribution is -2.35. The molecule has 2 aromatic rings. The van der Waals surface area contributed by atoms with E-state index in [0.29, 0.717) is 17.3 Å². The molecule has 1 aromatic carbocycles. The van der Waals surface area contributed by atoms with Crippen LogP contribution in [0.25, 0.3) is 0 Å². The van der Waals surface area contributed by atoms with E-state index in [9.17, 15) is 0 Å². The van der Waals surface area contributed by atoms with Gasteiger partial charge in [0.2, 0.25) is 0 Å². The Hall–Kier alpha value is -1.52. The van der Waals surface area contributed by atoms with Gasteiger partial charge in [-0.25, -0.2) is 0 Å². The molecule has 0 bridgehead atoms. The van der Waals surface area contributed by atoms with E-state index in [4.69, 9.17) is 20.8 Å². The van der Waals surface area contributed by atoms with Gasteiger partial charge in [0.15, 0.2) is 5.75 Å². The number of halogens is 1. The summed E-state index contributed by atoms with van der Waals surface area (Å²) >= 11 is 6.07. The molecule has 0 amide bonds. The summed E-state index contributed by atoms with van der Waals surface area (Å²) in [5.41, 5.74) is 1.88. The van der Waals surface area contributed by atoms with Crippen molar-refractivity contribution in [1.82, 2.24) is 10.3 Å². The second-order valence-corrected chi connectivity index (χ2v) is 6.15. The summed E-state index contributed by atoms with van der Waals surface area (Å²) < 4.78 is 10.9. The second-order valence-electron chi connectivity index (χ2n) is 5.74. The number of nitrogens with zero attached hydrogens (tertiary/aromatic N) is 1. The quantitative estimate of drug-likeness (QED) is 0.912. The standard InChI is InChI=1S/C15H19ClN2O2/c1-10-5-6-12(16)13(7-10)20-14-18-11(9-19-14)8-17-15(2,3)4/h5-7,9,17H,8H2,1-4H3. The van der Waals surface area contributed by atoms with Crippen molar-refractivity contribution in [2.24, 2.45) is 0 Å². The normalized spacial score (nSPS) is 11.7. The fraction of sp³-hybridized carbons (Fsp3) is 0.400. The lowest BCUT2D eigenvalue weighted by molar-refractivity contribution is 0.330. The highest BCUT2D eigenvalue weighted by atomic mass is 35.5. The zero-order valence-electron chi connectivity index (χ0n) is 12.2. The van der Waals surface area contributed by atoms with E-state index in [2.05, 4.69) is 31.1 Å². The highest BCUT2D eigenvalue weighted by molar-refractivity contribution is 6.32. The first-order valence-electron chi connectivity index (χ1n) is 6.47. The number of aromatic nitrogens is 1. The van der Waals surface area contributed by atoms with E-state index in [-0.39, 0.29) is 11.6 Å². The van der Waals surface area contributed by atoms with Crippen molar-refractivity contribution in [2.75, 3.05) is 0 Å². The first-order chi connectivity index (χ1) is 9.33. The summed E-state index contributed by atoms with van der Waals surface area (Å²) in [7, 11) is 0. The molecule has 0 aliphatic heterocycles. The third kappa shape index (κ3) is 4.25. The van der Waals surface area contributed by atoms with Gasteiger partial charge in [-0.05, 0) is 45.4 Å². The molecule has 0 atom stereocenters. The smallest absolute Gasteiger partial charge is 0.399 e. The topological polar surface area (TPSA) is 47.3 Å². The highest BCUT2D eigenvalue weighted by Crippen LogP contribution is 2.29. The van der Waals surface area contributed by atoms with Crippen LogP contribution >= 0.6 is 11.6 Å². The molecule has 0 aliphatic rings. The monoisotopic (exact) mass is 294 g/mol. The minimum Gasteiger partial charge on any atom is -0.417 e. The predicted molar refractivity (Wildman–Crippen MR) is 79.4 cm³/mol. The maximum atomic E-state index is 6.07. The Morgan fingerprint density at radius 2 is 2.10 bits per heavy atom. The van der Waals surface area contributed by atoms with Gasteiger partial charge in [0.25, 0.3) is 0 Å². The molecule has 0 spiro atoms. The van der Waals surface area contributed by atoms with Crippen LogP contribution in [0.3, 0.4) is 0 Å². The molecule has 20 heavy (non-hydrogen) atoms. The van der Waals surface area contributed by atoms with E-state index < -0.39 is 0 Å². The largest absolute Gasteiger partial charge is 0.417 e. The van der Waals surface area contributed by atoms with Crippen molar-refractivity contribution in [3.63, 3.8) is 0 Å². The minimum atomic E-state index is 0.0276. The Morgan fingerprint density at radius 3 is 2.80 bits per heavy atom. The third-order valence-corrected chi connectivity index (χ3v) is 2.93. The molecule has 0 fully saturated rings. The number of rotatable bonds is 4. The molecule has 108 valence electrons. The molecule has 0 saturated carbocycles. The van der Waals surface area contributed by atoms with Crippen molar-refractivity contribution in [2.45, 2.75) is 39.8 Å². The first-order valence-corrected chi connectivity index (χ1v) is 6.85. The SMILES string of the molecule is Cc1ccc(Cl)c(Oc2nc(CNC(C)(C)C)co2)c1. The van der Waals surface area contributed by atoms with E-state index in [1.165, 1.54) is 0 Å². The summed E-state index contributed by atoms with van der Waals surface area (Å²) in [5, 5.41) is 3.86. The molecule has 0 unspecified atom stereocenters. The van der Waals surface area contributed by atoms with Crippen LogP contribution in [0.5, 0.6) is 11.8 Å². The van der Waals surface area contributed by atoms with Crippen molar-refractivity contribution in [3.05, 3.63) is 40.7 Å². The van der Waals surface area contributed by atoms with Crippen molar-refractivity contribution >= 4 is 11.6 Å². The van der Waals surface area contributed by atoms with E-state index in [1.807, 2.05) is 19.1 Å². The molecule has 1 N–H and O–H groups in total. The van der Waals surface area contributed by atoms with Gasteiger partial charge in [0, 0.05) is 12.1 Å². The van der Waals surface area contributed by atoms with Crippen molar-refractivity contribution in [1.29, 1.82) is 0 Å². The van der Waals surface area contributed by atoms with Crippen LogP contribution in [-0.4, -0.2) is 10.5 Å². The fourth-order valence-corrected chi connectivity index (χ4v) is 1.71. The zero-order chi connectivity index (χ0) is 14.8. The minimum absolute atomic E-state index is 0.0276. The summed E-state index contributed by atoms with van der Waals surface area (Å²) in [6.07, 6.45) is 1.78. The summed E-state index contributed by atoms with van der Waals surface area (Å²) in [6, 6.07) is 5.56. The van der Waals surface area contributed by atoms with Crippen LogP contribution in [0.1, 0.15) is 32.0 Å². The van der Waals surface area contributed by atoms with Crippen molar-refractivity contribution < 1.29 is 9.15 Å². The summed E-state index contributed by atoms with van der Waals surface area (Å²) in [6.45, 7) is 8.88. The zero-order valence-corrected chi connectivity index (χ0v) is 12.9. The average molecular weight is 295 g/mol. The van der Waals surface area contributed by atoms with E-state index >= 15 is 0 Å². The van der Waals surface area contributed by atoms with Gasteiger partial charge >= 0.3 is 6.08 Å². The predicted octanol–water partition coefficient (Wildman–Crippen LogP) is 4.32. The highest BCUT2D eigenvalue weighted by Gasteiger charge is 2.12. The summed E-state index contributed by atoms with van der Waals surface area (Å²) in [5.74, 6) is 0.545. The average Bonchev–Trinajstić information content (AvgIpc) is 2.78. The number of oxazole rings is 1. The molecule has 0 radical (unpaired) electrons. The molecule has 0 aliphatic carbocycles. The van der Waals surface area contributed by atoms with Gasteiger partial charge < -0.3 is 14.5 Å². The van der Waals surface area contributed by atoms with Crippen LogP contribution in [0.15, 0.2) is 28.9 Å². The third-order valence-electron chi connectivity index (χ3n) is 2.61. The number of aryl methyl sites for hydroxylation is 1. The molecule has 1 aromatic heterocycles. The van der Waals surface area contributed by atoms with E-state index in [1.54, 1.807) is 12.3 Å². The van der Waals surface area contributed by atoms with Gasteiger partial charge in [0.1, 0.15) is 6.26 Å². The number of hydrogen-bond acceptors (Lipinski definition) is 4. The Morgan fingerprint density at radius 1 is 1.35 bits per heavy atom. The van der Waals surface area contributed by atoms with Gasteiger partial charge in [-0.15, -0.1) is 0 Å². The maximum absolute atomic E-state index is 6.07. The van der Waals surface area contributed by atoms with Gasteiger partial charge in [-0.3, -0.25) is 0 Å². The molecular formula is C15H19ClN2O2. The fourth-order valence-electron chi connectivity index (χ4n) is 1.56. The lowest BCUT2D eigenvalue weighted by atomic mass is 10.1. The molecule has 1 heterocycles. The Bertz CT molecular complexity index is 588. The number of hydrogen-bond donors (Lipinski definition) is 1. The van der Waals surface area contributed by atoms with Gasteiger partial charge in [0.05, 0.1) is 10.7 Å². The Labute approximate surface area is 124 Å². The van der Waals surface area contributed by atoms with Crippen LogP contribution in [0, 0.1) is 6.92 Å². The molecule has 4 nitrogen and oxygen atoms in total. The molecule has 5 heteroatoms. The maximum Gasteiger partial charge on any atom is 0.399 e. The van der Waals surface area contributed by atoms with Crippen LogP contribution < -0.4 is 10.1 Å². The van der Waals surface area contributed by atoms with Gasteiger partial charge in [-0.1, -0.05) is 17.7 Å². The van der Waals surface area contributed by atoms with Crippen LogP contribution in [0.4, 0.5) is 0 Å². The Kier molecular flexibility index (Phi) is 4.35. The number of ether oxygens (including phenoxy) is 1. The molecular weight excluding hydrogens is 276 g/mol. The molecule has 2 rings (SSSR count). The lowest BCUT2D eigenvalue weighted by Gasteiger charge is -2.19. The van der Waals surface area contributed by atoms with Crippen LogP contribution in [-0.2, 0) is 6.54 Å². The summed E-state index contributed by atoms with van der Waals surface area (Å²) in [4.78, 5) is 4.27. The van der Waals surface area contributed by atoms with Gasteiger partial charge in [-0.2, -0.15) is 4.98 Å². The number of nitrogens with one attached hydrogen (secondary N) is 1. The van der Waals surface area contributed by atoms with E-state index in [0.717, 1.165) is 11.3 Å². The second kappa shape index (κ2) is 5.85. The first kappa shape index (κ1) is 14.9. The molecule has 0 saturated heterocycles. The van der Waals surface area contributed by atoms with Crippen molar-refractivity contribution in [3.8, 4) is 11.8 Å².